The fourth-order valence-electron chi connectivity index (χ4n) is 1.45. The van der Waals surface area contributed by atoms with Crippen LogP contribution in [0.5, 0.6) is 0 Å². The van der Waals surface area contributed by atoms with Crippen LogP contribution in [0.4, 0.5) is 0 Å². The Bertz CT molecular complexity index is 412. The highest BCUT2D eigenvalue weighted by molar-refractivity contribution is 7.46. The van der Waals surface area contributed by atoms with Gasteiger partial charge in [0, 0.05) is 0 Å². The van der Waals surface area contributed by atoms with Crippen LogP contribution < -0.4 is 0 Å². The van der Waals surface area contributed by atoms with Crippen LogP contribution in [-0.2, 0) is 22.9 Å². The van der Waals surface area contributed by atoms with Crippen LogP contribution in [0.2, 0.25) is 0 Å². The Morgan fingerprint density at radius 1 is 0.900 bits per heavy atom. The fourth-order valence-corrected chi connectivity index (χ4v) is 2.23. The largest absolute Gasteiger partial charge is 0.472 e. The third kappa shape index (κ3) is 5.45. The number of aliphatic hydroxyl groups excluding tert-OH is 3. The first-order valence-corrected chi connectivity index (χ1v) is 8.10. The summed E-state index contributed by atoms with van der Waals surface area (Å²) in [5.41, 5.74) is 0. The lowest BCUT2D eigenvalue weighted by atomic mass is 10.00. The molecule has 0 radical (unpaired) electrons. The van der Waals surface area contributed by atoms with Gasteiger partial charge in [-0.05, 0) is 0 Å². The van der Waals surface area contributed by atoms with E-state index in [0.29, 0.717) is 0 Å². The molecule has 5 atom stereocenters. The van der Waals surface area contributed by atoms with Crippen molar-refractivity contribution >= 4 is 15.6 Å². The van der Waals surface area contributed by atoms with Crippen molar-refractivity contribution in [2.45, 2.75) is 30.7 Å². The summed E-state index contributed by atoms with van der Waals surface area (Å²) in [6.45, 7) is -0.907. The van der Waals surface area contributed by atoms with E-state index in [2.05, 4.69) is 9.05 Å². The average Bonchev–Trinajstić information content (AvgIpc) is 2.25. The van der Waals surface area contributed by atoms with E-state index in [1.807, 2.05) is 0 Å². The maximum atomic E-state index is 10.6. The molecule has 0 unspecified atom stereocenters. The van der Waals surface area contributed by atoms with Crippen molar-refractivity contribution < 1.29 is 57.8 Å². The van der Waals surface area contributed by atoms with Crippen LogP contribution in [0.3, 0.4) is 0 Å². The molecule has 12 nitrogen and oxygen atoms in total. The molecule has 0 spiro atoms. The second-order valence-corrected chi connectivity index (χ2v) is 6.33. The first kappa shape index (κ1) is 18.1. The van der Waals surface area contributed by atoms with Crippen molar-refractivity contribution in [3.05, 3.63) is 0 Å². The maximum Gasteiger partial charge on any atom is 0.472 e. The first-order valence-electron chi connectivity index (χ1n) is 5.04. The summed E-state index contributed by atoms with van der Waals surface area (Å²) >= 11 is 0. The molecule has 1 saturated heterocycles. The number of hydrogen-bond acceptors (Lipinski definition) is 8. The Kier molecular flexibility index (Phi) is 5.83. The lowest BCUT2D eigenvalue weighted by molar-refractivity contribution is -0.279. The molecule has 0 bridgehead atoms. The molecular formula is C6H14O12P2. The summed E-state index contributed by atoms with van der Waals surface area (Å²) in [6, 6.07) is 0. The molecule has 1 heterocycles. The Morgan fingerprint density at radius 2 is 1.45 bits per heavy atom. The second-order valence-electron chi connectivity index (χ2n) is 3.90. The van der Waals surface area contributed by atoms with Crippen LogP contribution in [0.25, 0.3) is 0 Å². The summed E-state index contributed by atoms with van der Waals surface area (Å²) in [7, 11) is -9.95. The van der Waals surface area contributed by atoms with Crippen molar-refractivity contribution in [2.75, 3.05) is 6.61 Å². The number of phosphoric acid groups is 2. The standard InChI is InChI=1S/C6H14O12P2/c7-3-2(1-16-19(10,11)12)17-6(5(9)4(3)8)18-20(13,14)15/h2-9H,1H2,(H2,10,11,12)(H2,13,14,15)/t2-,3-,4+,5-,6-/m1/s1. The highest BCUT2D eigenvalue weighted by atomic mass is 31.2. The number of phosphoric ester groups is 2. The molecule has 7 N–H and O–H groups in total. The normalized spacial score (nSPS) is 36.0. The van der Waals surface area contributed by atoms with E-state index in [9.17, 15) is 24.4 Å². The number of rotatable bonds is 5. The highest BCUT2D eigenvalue weighted by Gasteiger charge is 2.47. The molecule has 20 heavy (non-hydrogen) atoms. The van der Waals surface area contributed by atoms with Gasteiger partial charge in [-0.25, -0.2) is 9.13 Å². The summed E-state index contributed by atoms with van der Waals surface area (Å²) < 4.78 is 33.9. The molecule has 0 aromatic heterocycles. The van der Waals surface area contributed by atoms with Crippen molar-refractivity contribution in [2.24, 2.45) is 0 Å². The quantitative estimate of drug-likeness (QED) is 0.250. The van der Waals surface area contributed by atoms with Gasteiger partial charge in [-0.15, -0.1) is 0 Å². The van der Waals surface area contributed by atoms with Crippen LogP contribution in [-0.4, -0.2) is 72.2 Å². The zero-order valence-electron chi connectivity index (χ0n) is 9.66. The van der Waals surface area contributed by atoms with Crippen LogP contribution in [0, 0.1) is 0 Å². The Labute approximate surface area is 112 Å². The van der Waals surface area contributed by atoms with E-state index >= 15 is 0 Å². The molecule has 1 aliphatic heterocycles. The molecule has 0 saturated carbocycles. The van der Waals surface area contributed by atoms with E-state index in [0.717, 1.165) is 0 Å². The van der Waals surface area contributed by atoms with Gasteiger partial charge in [0.25, 0.3) is 0 Å². The first-order chi connectivity index (χ1) is 8.91. The fraction of sp³-hybridized carbons (Fsp3) is 1.00. The second kappa shape index (κ2) is 6.44. The van der Waals surface area contributed by atoms with E-state index in [1.54, 1.807) is 0 Å². The van der Waals surface area contributed by atoms with Crippen LogP contribution >= 0.6 is 15.6 Å². The number of hydrogen-bond donors (Lipinski definition) is 7. The predicted molar refractivity (Wildman–Crippen MR) is 57.8 cm³/mol. The molecule has 0 amide bonds. The van der Waals surface area contributed by atoms with Gasteiger partial charge in [-0.2, -0.15) is 0 Å². The van der Waals surface area contributed by atoms with E-state index in [4.69, 9.17) is 24.3 Å². The van der Waals surface area contributed by atoms with Crippen molar-refractivity contribution in [1.29, 1.82) is 0 Å². The van der Waals surface area contributed by atoms with Gasteiger partial charge in [0.2, 0.25) is 0 Å². The van der Waals surface area contributed by atoms with Gasteiger partial charge in [0.15, 0.2) is 6.29 Å². The van der Waals surface area contributed by atoms with Crippen LogP contribution in [0.1, 0.15) is 0 Å². The van der Waals surface area contributed by atoms with Crippen molar-refractivity contribution in [3.63, 3.8) is 0 Å². The highest BCUT2D eigenvalue weighted by Crippen LogP contribution is 2.41. The van der Waals surface area contributed by atoms with E-state index in [1.165, 1.54) is 0 Å². The Hall–Kier alpha value is 0.0600. The topological polar surface area (TPSA) is 203 Å². The number of aliphatic hydroxyl groups is 3. The van der Waals surface area contributed by atoms with Gasteiger partial charge in [-0.1, -0.05) is 0 Å². The molecule has 120 valence electrons. The minimum absolute atomic E-state index is 0.907. The lowest BCUT2D eigenvalue weighted by Gasteiger charge is -2.39. The van der Waals surface area contributed by atoms with Crippen molar-refractivity contribution in [3.8, 4) is 0 Å². The van der Waals surface area contributed by atoms with Crippen molar-refractivity contribution in [1.82, 2.24) is 0 Å². The third-order valence-electron chi connectivity index (χ3n) is 2.32. The summed E-state index contributed by atoms with van der Waals surface area (Å²) in [5, 5.41) is 28.4. The summed E-state index contributed by atoms with van der Waals surface area (Å²) in [6.07, 6.45) is -9.32. The van der Waals surface area contributed by atoms with Gasteiger partial charge in [0.05, 0.1) is 6.61 Å². The minimum Gasteiger partial charge on any atom is -0.387 e. The SMILES string of the molecule is O=P(O)(O)OC[C@H]1O[C@H](OP(=O)(O)O)[C@H](O)[C@@H](O)[C@@H]1O. The zero-order valence-corrected chi connectivity index (χ0v) is 11.4. The average molecular weight is 340 g/mol. The molecule has 1 fully saturated rings. The smallest absolute Gasteiger partial charge is 0.387 e. The molecule has 1 rings (SSSR count). The molecule has 0 aliphatic carbocycles. The lowest BCUT2D eigenvalue weighted by Crippen LogP contribution is -2.59. The third-order valence-corrected chi connectivity index (χ3v) is 3.28. The summed E-state index contributed by atoms with van der Waals surface area (Å²) in [5.74, 6) is 0. The van der Waals surface area contributed by atoms with Gasteiger partial charge < -0.3 is 39.6 Å². The van der Waals surface area contributed by atoms with Gasteiger partial charge >= 0.3 is 15.6 Å². The van der Waals surface area contributed by atoms with E-state index < -0.39 is 53.0 Å². The van der Waals surface area contributed by atoms with Gasteiger partial charge in [-0.3, -0.25) is 9.05 Å². The zero-order chi connectivity index (χ0) is 15.7. The minimum atomic E-state index is -5.07. The Balaban J connectivity index is 2.76. The van der Waals surface area contributed by atoms with Gasteiger partial charge in [0.1, 0.15) is 24.4 Å². The molecule has 0 aromatic rings. The number of ether oxygens (including phenoxy) is 1. The molecule has 14 heteroatoms. The predicted octanol–water partition coefficient (Wildman–Crippen LogP) is -2.99. The molecule has 1 aliphatic rings. The summed E-state index contributed by atoms with van der Waals surface area (Å²) in [4.78, 5) is 34.1. The Morgan fingerprint density at radius 3 is 1.90 bits per heavy atom. The maximum absolute atomic E-state index is 10.6. The van der Waals surface area contributed by atoms with Crippen LogP contribution in [0.15, 0.2) is 0 Å². The van der Waals surface area contributed by atoms with E-state index in [-0.39, 0.29) is 0 Å². The molecule has 0 aromatic carbocycles. The monoisotopic (exact) mass is 340 g/mol. The molecular weight excluding hydrogens is 326 g/mol.